The molecule has 1 aliphatic heterocycles. The summed E-state index contributed by atoms with van der Waals surface area (Å²) in [6.45, 7) is 0.864. The number of ether oxygens (including phenoxy) is 2. The number of hydrogen-bond donors (Lipinski definition) is 0. The van der Waals surface area contributed by atoms with Crippen LogP contribution in [0.3, 0.4) is 0 Å². The molecule has 0 atom stereocenters. The summed E-state index contributed by atoms with van der Waals surface area (Å²) >= 11 is 0. The van der Waals surface area contributed by atoms with Crippen LogP contribution in [0.25, 0.3) is 0 Å². The molecule has 1 aromatic rings. The molecule has 4 heteroatoms. The van der Waals surface area contributed by atoms with E-state index in [1.165, 1.54) is 5.56 Å². The molecule has 82 valence electrons. The molecular weight excluding hydrogens is 214 g/mol. The molecule has 0 saturated carbocycles. The standard InChI is InChI=1S/C11H13NO2.ClH/c1-13-10-4-3-8-5-6-12-7-9(8)11(10)14-2;/h3-4,7H,5-6H2,1-2H3;1H. The second kappa shape index (κ2) is 5.03. The number of hydrogen-bond acceptors (Lipinski definition) is 3. The van der Waals surface area contributed by atoms with Gasteiger partial charge in [0.25, 0.3) is 0 Å². The molecule has 0 aromatic heterocycles. The topological polar surface area (TPSA) is 30.8 Å². The van der Waals surface area contributed by atoms with E-state index in [9.17, 15) is 0 Å². The van der Waals surface area contributed by atoms with Crippen molar-refractivity contribution in [3.8, 4) is 11.5 Å². The highest BCUT2D eigenvalue weighted by atomic mass is 35.5. The number of methoxy groups -OCH3 is 2. The third kappa shape index (κ3) is 2.07. The maximum Gasteiger partial charge on any atom is 0.169 e. The minimum atomic E-state index is 0. The summed E-state index contributed by atoms with van der Waals surface area (Å²) in [4.78, 5) is 4.24. The van der Waals surface area contributed by atoms with Gasteiger partial charge in [-0.15, -0.1) is 12.4 Å². The largest absolute Gasteiger partial charge is 0.493 e. The summed E-state index contributed by atoms with van der Waals surface area (Å²) in [5, 5.41) is 0. The maximum atomic E-state index is 5.32. The van der Waals surface area contributed by atoms with Crippen LogP contribution in [0.5, 0.6) is 11.5 Å². The molecule has 0 saturated heterocycles. The van der Waals surface area contributed by atoms with Crippen molar-refractivity contribution < 1.29 is 9.47 Å². The molecule has 0 N–H and O–H groups in total. The fraction of sp³-hybridized carbons (Fsp3) is 0.364. The van der Waals surface area contributed by atoms with Crippen molar-refractivity contribution >= 4 is 18.6 Å². The summed E-state index contributed by atoms with van der Waals surface area (Å²) in [5.41, 5.74) is 2.33. The Morgan fingerprint density at radius 1 is 1.20 bits per heavy atom. The highest BCUT2D eigenvalue weighted by molar-refractivity contribution is 5.88. The molecule has 1 aliphatic rings. The van der Waals surface area contributed by atoms with Gasteiger partial charge in [0.2, 0.25) is 0 Å². The normalized spacial score (nSPS) is 12.7. The molecule has 3 nitrogen and oxygen atoms in total. The Bertz CT molecular complexity index is 377. The Hall–Kier alpha value is -1.22. The average molecular weight is 228 g/mol. The Balaban J connectivity index is 0.00000112. The van der Waals surface area contributed by atoms with Crippen LogP contribution >= 0.6 is 12.4 Å². The van der Waals surface area contributed by atoms with Gasteiger partial charge in [-0.1, -0.05) is 6.07 Å². The third-order valence-electron chi connectivity index (χ3n) is 2.40. The van der Waals surface area contributed by atoms with Gasteiger partial charge in [0.05, 0.1) is 14.2 Å². The van der Waals surface area contributed by atoms with E-state index in [1.807, 2.05) is 12.3 Å². The van der Waals surface area contributed by atoms with Crippen molar-refractivity contribution in [2.75, 3.05) is 20.8 Å². The van der Waals surface area contributed by atoms with Gasteiger partial charge in [0.1, 0.15) is 0 Å². The van der Waals surface area contributed by atoms with Gasteiger partial charge in [0, 0.05) is 18.3 Å². The molecule has 0 aliphatic carbocycles. The number of nitrogens with zero attached hydrogens (tertiary/aromatic N) is 1. The first-order valence-corrected chi connectivity index (χ1v) is 4.60. The van der Waals surface area contributed by atoms with Gasteiger partial charge in [-0.05, 0) is 18.1 Å². The van der Waals surface area contributed by atoms with Crippen molar-refractivity contribution in [2.45, 2.75) is 6.42 Å². The first-order chi connectivity index (χ1) is 6.86. The van der Waals surface area contributed by atoms with E-state index in [-0.39, 0.29) is 12.4 Å². The second-order valence-corrected chi connectivity index (χ2v) is 3.16. The van der Waals surface area contributed by atoms with Crippen LogP contribution in [0.2, 0.25) is 0 Å². The van der Waals surface area contributed by atoms with Crippen LogP contribution in [-0.4, -0.2) is 27.0 Å². The van der Waals surface area contributed by atoms with Gasteiger partial charge in [-0.2, -0.15) is 0 Å². The number of aliphatic imine (C=N–C) groups is 1. The molecule has 0 unspecified atom stereocenters. The molecule has 0 fully saturated rings. The van der Waals surface area contributed by atoms with Gasteiger partial charge < -0.3 is 9.47 Å². The van der Waals surface area contributed by atoms with Gasteiger partial charge in [-0.3, -0.25) is 4.99 Å². The zero-order valence-corrected chi connectivity index (χ0v) is 9.63. The van der Waals surface area contributed by atoms with E-state index in [2.05, 4.69) is 11.1 Å². The molecule has 0 bridgehead atoms. The Kier molecular flexibility index (Phi) is 3.97. The van der Waals surface area contributed by atoms with Crippen LogP contribution in [-0.2, 0) is 6.42 Å². The quantitative estimate of drug-likeness (QED) is 0.775. The van der Waals surface area contributed by atoms with Gasteiger partial charge >= 0.3 is 0 Å². The molecule has 1 heterocycles. The van der Waals surface area contributed by atoms with Crippen molar-refractivity contribution in [2.24, 2.45) is 4.99 Å². The monoisotopic (exact) mass is 227 g/mol. The molecule has 2 rings (SSSR count). The number of rotatable bonds is 2. The lowest BCUT2D eigenvalue weighted by Crippen LogP contribution is -2.06. The fourth-order valence-electron chi connectivity index (χ4n) is 1.69. The number of fused-ring (bicyclic) bond motifs is 1. The minimum Gasteiger partial charge on any atom is -0.493 e. The van der Waals surface area contributed by atoms with Gasteiger partial charge in [-0.25, -0.2) is 0 Å². The molecule has 1 aromatic carbocycles. The van der Waals surface area contributed by atoms with E-state index in [1.54, 1.807) is 14.2 Å². The van der Waals surface area contributed by atoms with E-state index < -0.39 is 0 Å². The zero-order chi connectivity index (χ0) is 9.97. The summed E-state index contributed by atoms with van der Waals surface area (Å²) in [6.07, 6.45) is 2.84. The first-order valence-electron chi connectivity index (χ1n) is 4.60. The average Bonchev–Trinajstić information content (AvgIpc) is 2.27. The smallest absolute Gasteiger partial charge is 0.169 e. The van der Waals surface area contributed by atoms with Crippen LogP contribution in [0.4, 0.5) is 0 Å². The van der Waals surface area contributed by atoms with E-state index in [0.717, 1.165) is 30.0 Å². The molecule has 0 amide bonds. The first kappa shape index (κ1) is 11.9. The molecular formula is C11H14ClNO2. The minimum absolute atomic E-state index is 0. The van der Waals surface area contributed by atoms with Crippen LogP contribution in [0.15, 0.2) is 17.1 Å². The summed E-state index contributed by atoms with van der Waals surface area (Å²) in [6, 6.07) is 4.01. The van der Waals surface area contributed by atoms with Gasteiger partial charge in [0.15, 0.2) is 11.5 Å². The van der Waals surface area contributed by atoms with Crippen molar-refractivity contribution in [1.29, 1.82) is 0 Å². The summed E-state index contributed by atoms with van der Waals surface area (Å²) in [7, 11) is 3.30. The SMILES string of the molecule is COc1ccc2c(c1OC)C=NCC2.Cl. The van der Waals surface area contributed by atoms with Crippen molar-refractivity contribution in [1.82, 2.24) is 0 Å². The Labute approximate surface area is 95.5 Å². The zero-order valence-electron chi connectivity index (χ0n) is 8.82. The highest BCUT2D eigenvalue weighted by Gasteiger charge is 2.14. The molecule has 0 radical (unpaired) electrons. The summed E-state index contributed by atoms with van der Waals surface area (Å²) in [5.74, 6) is 1.55. The lowest BCUT2D eigenvalue weighted by Gasteiger charge is -2.16. The predicted molar refractivity (Wildman–Crippen MR) is 63.0 cm³/mol. The predicted octanol–water partition coefficient (Wildman–Crippen LogP) is 2.10. The highest BCUT2D eigenvalue weighted by Crippen LogP contribution is 2.33. The molecule has 0 spiro atoms. The van der Waals surface area contributed by atoms with Crippen LogP contribution in [0.1, 0.15) is 11.1 Å². The summed E-state index contributed by atoms with van der Waals surface area (Å²) < 4.78 is 10.5. The van der Waals surface area contributed by atoms with E-state index in [0.29, 0.717) is 0 Å². The maximum absolute atomic E-state index is 5.32. The Morgan fingerprint density at radius 2 is 2.00 bits per heavy atom. The lowest BCUT2D eigenvalue weighted by atomic mass is 10.0. The van der Waals surface area contributed by atoms with Crippen LogP contribution < -0.4 is 9.47 Å². The second-order valence-electron chi connectivity index (χ2n) is 3.16. The van der Waals surface area contributed by atoms with Crippen molar-refractivity contribution in [3.63, 3.8) is 0 Å². The number of halogens is 1. The molecule has 15 heavy (non-hydrogen) atoms. The third-order valence-corrected chi connectivity index (χ3v) is 2.40. The lowest BCUT2D eigenvalue weighted by molar-refractivity contribution is 0.354. The Morgan fingerprint density at radius 3 is 2.67 bits per heavy atom. The fourth-order valence-corrected chi connectivity index (χ4v) is 1.69. The van der Waals surface area contributed by atoms with Crippen molar-refractivity contribution in [3.05, 3.63) is 23.3 Å². The van der Waals surface area contributed by atoms with E-state index >= 15 is 0 Å². The van der Waals surface area contributed by atoms with Crippen LogP contribution in [0, 0.1) is 0 Å². The van der Waals surface area contributed by atoms with E-state index in [4.69, 9.17) is 9.47 Å². The number of benzene rings is 1.